The van der Waals surface area contributed by atoms with Crippen LogP contribution in [0.25, 0.3) is 0 Å². The molecule has 7 heteroatoms. The first kappa shape index (κ1) is 15.5. The van der Waals surface area contributed by atoms with Crippen molar-refractivity contribution in [3.63, 3.8) is 0 Å². The van der Waals surface area contributed by atoms with Gasteiger partial charge in [0.15, 0.2) is 0 Å². The highest BCUT2D eigenvalue weighted by Crippen LogP contribution is 2.30. The molecule has 1 aromatic heterocycles. The molecule has 1 aliphatic rings. The van der Waals surface area contributed by atoms with Crippen molar-refractivity contribution in [2.75, 3.05) is 25.0 Å². The fourth-order valence-electron chi connectivity index (χ4n) is 2.36. The Bertz CT molecular complexity index is 593. The van der Waals surface area contributed by atoms with Crippen LogP contribution in [0.4, 0.5) is 5.00 Å². The van der Waals surface area contributed by atoms with Crippen LogP contribution in [0.15, 0.2) is 11.4 Å². The van der Waals surface area contributed by atoms with Gasteiger partial charge in [-0.3, -0.25) is 9.59 Å². The van der Waals surface area contributed by atoms with Crippen LogP contribution in [-0.4, -0.2) is 41.5 Å². The second-order valence-electron chi connectivity index (χ2n) is 5.47. The van der Waals surface area contributed by atoms with Gasteiger partial charge in [0.25, 0.3) is 0 Å². The van der Waals surface area contributed by atoms with Crippen molar-refractivity contribution in [3.8, 4) is 6.07 Å². The third-order valence-electron chi connectivity index (χ3n) is 3.76. The Morgan fingerprint density at radius 3 is 3.00 bits per heavy atom. The maximum atomic E-state index is 11.9. The molecule has 112 valence electrons. The summed E-state index contributed by atoms with van der Waals surface area (Å²) in [5.41, 5.74) is -0.244. The number of carbonyl (C=O) groups excluding carboxylic acids is 1. The van der Waals surface area contributed by atoms with E-state index in [1.54, 1.807) is 18.4 Å². The molecule has 1 atom stereocenters. The van der Waals surface area contributed by atoms with E-state index in [9.17, 15) is 9.59 Å². The fourth-order valence-corrected chi connectivity index (χ4v) is 3.12. The second-order valence-corrected chi connectivity index (χ2v) is 6.38. The maximum absolute atomic E-state index is 11.9. The third-order valence-corrected chi connectivity index (χ3v) is 4.59. The number of amides is 1. The molecular formula is C14H17N3O3S. The van der Waals surface area contributed by atoms with Crippen LogP contribution >= 0.6 is 11.3 Å². The summed E-state index contributed by atoms with van der Waals surface area (Å²) in [6.45, 7) is 3.43. The summed E-state index contributed by atoms with van der Waals surface area (Å²) < 4.78 is 0. The lowest BCUT2D eigenvalue weighted by Gasteiger charge is -2.19. The molecule has 1 unspecified atom stereocenters. The van der Waals surface area contributed by atoms with Gasteiger partial charge in [0, 0.05) is 19.5 Å². The Labute approximate surface area is 127 Å². The third kappa shape index (κ3) is 3.60. The molecule has 0 spiro atoms. The van der Waals surface area contributed by atoms with E-state index in [1.165, 1.54) is 11.3 Å². The lowest BCUT2D eigenvalue weighted by atomic mass is 9.90. The molecule has 0 aliphatic carbocycles. The van der Waals surface area contributed by atoms with Crippen LogP contribution in [0, 0.1) is 16.7 Å². The van der Waals surface area contributed by atoms with Crippen LogP contribution in [-0.2, 0) is 9.59 Å². The predicted molar refractivity (Wildman–Crippen MR) is 79.1 cm³/mol. The Hall–Kier alpha value is -1.91. The van der Waals surface area contributed by atoms with Crippen LogP contribution in [0.2, 0.25) is 0 Å². The van der Waals surface area contributed by atoms with E-state index in [-0.39, 0.29) is 5.91 Å². The number of likely N-dealkylation sites (tertiary alicyclic amines) is 1. The molecule has 0 radical (unpaired) electrons. The summed E-state index contributed by atoms with van der Waals surface area (Å²) in [6.07, 6.45) is 0.895. The quantitative estimate of drug-likeness (QED) is 0.864. The van der Waals surface area contributed by atoms with Gasteiger partial charge in [0.1, 0.15) is 11.1 Å². The van der Waals surface area contributed by atoms with E-state index in [0.29, 0.717) is 43.0 Å². The van der Waals surface area contributed by atoms with Gasteiger partial charge in [0.05, 0.1) is 11.0 Å². The van der Waals surface area contributed by atoms with Gasteiger partial charge < -0.3 is 15.3 Å². The average molecular weight is 307 g/mol. The van der Waals surface area contributed by atoms with E-state index in [1.807, 2.05) is 11.0 Å². The van der Waals surface area contributed by atoms with E-state index >= 15 is 0 Å². The van der Waals surface area contributed by atoms with Crippen molar-refractivity contribution in [2.45, 2.75) is 19.8 Å². The van der Waals surface area contributed by atoms with Gasteiger partial charge in [-0.05, 0) is 31.3 Å². The summed E-state index contributed by atoms with van der Waals surface area (Å²) in [6, 6.07) is 3.69. The number of nitrogens with one attached hydrogen (secondary N) is 1. The summed E-state index contributed by atoms with van der Waals surface area (Å²) in [7, 11) is 0. The Morgan fingerprint density at radius 2 is 2.38 bits per heavy atom. The number of hydrogen-bond acceptors (Lipinski definition) is 5. The first-order valence-corrected chi connectivity index (χ1v) is 7.56. The second kappa shape index (κ2) is 6.24. The van der Waals surface area contributed by atoms with Crippen molar-refractivity contribution >= 4 is 28.2 Å². The molecule has 0 aromatic carbocycles. The van der Waals surface area contributed by atoms with E-state index in [4.69, 9.17) is 10.4 Å². The topological polar surface area (TPSA) is 93.4 Å². The number of carboxylic acids is 1. The van der Waals surface area contributed by atoms with Crippen molar-refractivity contribution < 1.29 is 14.7 Å². The highest BCUT2D eigenvalue weighted by molar-refractivity contribution is 7.14. The van der Waals surface area contributed by atoms with Crippen LogP contribution in [0.5, 0.6) is 0 Å². The summed E-state index contributed by atoms with van der Waals surface area (Å²) in [4.78, 5) is 25.0. The summed E-state index contributed by atoms with van der Waals surface area (Å²) in [5.74, 6) is -0.940. The van der Waals surface area contributed by atoms with Crippen molar-refractivity contribution in [1.82, 2.24) is 4.90 Å². The van der Waals surface area contributed by atoms with Crippen LogP contribution < -0.4 is 5.32 Å². The first-order valence-electron chi connectivity index (χ1n) is 6.68. The Balaban J connectivity index is 1.81. The zero-order valence-electron chi connectivity index (χ0n) is 11.8. The number of nitrogens with zero attached hydrogens (tertiary/aromatic N) is 2. The first-order chi connectivity index (χ1) is 9.94. The van der Waals surface area contributed by atoms with Crippen LogP contribution in [0.3, 0.4) is 0 Å². The van der Waals surface area contributed by atoms with E-state index < -0.39 is 11.4 Å². The molecule has 6 nitrogen and oxygen atoms in total. The molecule has 1 saturated heterocycles. The minimum Gasteiger partial charge on any atom is -0.481 e. The standard InChI is InChI=1S/C14H17N3O3S/c1-14(13(19)20)4-6-17(9-14)5-2-11(18)16-12-10(8-15)3-7-21-12/h3,7H,2,4-6,9H2,1H3,(H,16,18)(H,19,20). The molecule has 2 rings (SSSR count). The zero-order chi connectivity index (χ0) is 15.5. The molecular weight excluding hydrogens is 290 g/mol. The molecule has 0 saturated carbocycles. The van der Waals surface area contributed by atoms with E-state index in [0.717, 1.165) is 0 Å². The minimum atomic E-state index is -0.785. The van der Waals surface area contributed by atoms with Gasteiger partial charge in [-0.2, -0.15) is 5.26 Å². The smallest absolute Gasteiger partial charge is 0.310 e. The molecule has 21 heavy (non-hydrogen) atoms. The number of hydrogen-bond donors (Lipinski definition) is 2. The largest absolute Gasteiger partial charge is 0.481 e. The van der Waals surface area contributed by atoms with Gasteiger partial charge in [-0.25, -0.2) is 0 Å². The number of carbonyl (C=O) groups is 2. The van der Waals surface area contributed by atoms with Gasteiger partial charge in [-0.15, -0.1) is 11.3 Å². The lowest BCUT2D eigenvalue weighted by molar-refractivity contribution is -0.147. The highest BCUT2D eigenvalue weighted by Gasteiger charge is 2.40. The Kier molecular flexibility index (Phi) is 4.60. The summed E-state index contributed by atoms with van der Waals surface area (Å²) >= 11 is 1.32. The maximum Gasteiger partial charge on any atom is 0.310 e. The number of carboxylic acid groups (broad SMARTS) is 1. The van der Waals surface area contributed by atoms with Gasteiger partial charge in [-0.1, -0.05) is 0 Å². The molecule has 0 bridgehead atoms. The average Bonchev–Trinajstić information content (AvgIpc) is 3.04. The highest BCUT2D eigenvalue weighted by atomic mass is 32.1. The zero-order valence-corrected chi connectivity index (χ0v) is 12.6. The van der Waals surface area contributed by atoms with Crippen molar-refractivity contribution in [2.24, 2.45) is 5.41 Å². The molecule has 2 heterocycles. The SMILES string of the molecule is CC1(C(=O)O)CCN(CCC(=O)Nc2sccc2C#N)C1. The van der Waals surface area contributed by atoms with Crippen molar-refractivity contribution in [1.29, 1.82) is 5.26 Å². The number of nitriles is 1. The van der Waals surface area contributed by atoms with Gasteiger partial charge in [0.2, 0.25) is 5.91 Å². The number of anilines is 1. The minimum absolute atomic E-state index is 0.155. The van der Waals surface area contributed by atoms with Crippen molar-refractivity contribution in [3.05, 3.63) is 17.0 Å². The molecule has 2 N–H and O–H groups in total. The monoisotopic (exact) mass is 307 g/mol. The van der Waals surface area contributed by atoms with Gasteiger partial charge >= 0.3 is 5.97 Å². The number of rotatable bonds is 5. The molecule has 1 aromatic rings. The Morgan fingerprint density at radius 1 is 1.62 bits per heavy atom. The van der Waals surface area contributed by atoms with E-state index in [2.05, 4.69) is 5.32 Å². The fraction of sp³-hybridized carbons (Fsp3) is 0.500. The van der Waals surface area contributed by atoms with Crippen LogP contribution in [0.1, 0.15) is 25.3 Å². The number of aliphatic carboxylic acids is 1. The lowest BCUT2D eigenvalue weighted by Crippen LogP contribution is -2.33. The predicted octanol–water partition coefficient (Wildman–Crippen LogP) is 1.74. The molecule has 1 aliphatic heterocycles. The number of thiophene rings is 1. The molecule has 1 fully saturated rings. The molecule has 1 amide bonds. The summed E-state index contributed by atoms with van der Waals surface area (Å²) in [5, 5.41) is 23.1. The normalized spacial score (nSPS) is 21.9.